The molecule has 1 fully saturated rings. The second kappa shape index (κ2) is 6.18. The highest BCUT2D eigenvalue weighted by Gasteiger charge is 2.17. The Labute approximate surface area is 116 Å². The van der Waals surface area contributed by atoms with Crippen LogP contribution in [0.15, 0.2) is 28.5 Å². The fourth-order valence-electron chi connectivity index (χ4n) is 2.18. The number of nitro groups is 1. The molecule has 0 saturated carbocycles. The van der Waals surface area contributed by atoms with Crippen LogP contribution >= 0.6 is 0 Å². The smallest absolute Gasteiger partial charge is 0.263 e. The minimum atomic E-state index is -0.700. The molecular weight excluding hydrogens is 262 g/mol. The number of allylic oxidation sites excluding steroid dienone is 2. The van der Waals surface area contributed by atoms with Gasteiger partial charge in [-0.15, -0.1) is 0 Å². The van der Waals surface area contributed by atoms with E-state index in [2.05, 4.69) is 10.3 Å². The number of hydrazine groups is 1. The maximum absolute atomic E-state index is 12.1. The molecule has 0 radical (unpaired) electrons. The normalized spacial score (nSPS) is 20.9. The summed E-state index contributed by atoms with van der Waals surface area (Å²) in [7, 11) is 0. The van der Waals surface area contributed by atoms with Crippen LogP contribution in [0.1, 0.15) is 26.2 Å². The number of hydrogen-bond donors (Lipinski definition) is 2. The summed E-state index contributed by atoms with van der Waals surface area (Å²) < 4.78 is 0. The van der Waals surface area contributed by atoms with E-state index < -0.39 is 5.03 Å². The Balaban J connectivity index is 2.10. The van der Waals surface area contributed by atoms with Gasteiger partial charge in [-0.05, 0) is 32.3 Å². The number of hydrogen-bond acceptors (Lipinski definition) is 5. The molecule has 2 N–H and O–H groups in total. The van der Waals surface area contributed by atoms with Crippen LogP contribution in [0.25, 0.3) is 0 Å². The van der Waals surface area contributed by atoms with Gasteiger partial charge in [-0.25, -0.2) is 15.1 Å². The van der Waals surface area contributed by atoms with E-state index in [-0.39, 0.29) is 11.9 Å². The van der Waals surface area contributed by atoms with Gasteiger partial charge in [-0.3, -0.25) is 4.79 Å². The van der Waals surface area contributed by atoms with Crippen LogP contribution in [-0.4, -0.2) is 34.9 Å². The largest absolute Gasteiger partial charge is 0.339 e. The number of amides is 1. The number of nitrogens with zero attached hydrogens (tertiary/aromatic N) is 3. The first-order valence-electron chi connectivity index (χ1n) is 6.50. The van der Waals surface area contributed by atoms with E-state index in [0.29, 0.717) is 11.4 Å². The molecule has 1 saturated heterocycles. The van der Waals surface area contributed by atoms with Gasteiger partial charge in [0.1, 0.15) is 0 Å². The Hall–Kier alpha value is -2.38. The molecule has 2 aliphatic rings. The fourth-order valence-corrected chi connectivity index (χ4v) is 2.18. The zero-order valence-electron chi connectivity index (χ0n) is 11.3. The molecule has 0 aromatic heterocycles. The molecule has 1 amide bonds. The molecule has 8 nitrogen and oxygen atoms in total. The maximum Gasteiger partial charge on any atom is 0.263 e. The molecule has 0 aromatic carbocycles. The quantitative estimate of drug-likeness (QED) is 0.436. The van der Waals surface area contributed by atoms with Crippen molar-refractivity contribution in [2.45, 2.75) is 26.2 Å². The third-order valence-corrected chi connectivity index (χ3v) is 3.06. The summed E-state index contributed by atoms with van der Waals surface area (Å²) >= 11 is 0. The van der Waals surface area contributed by atoms with E-state index in [4.69, 9.17) is 0 Å². The van der Waals surface area contributed by atoms with E-state index >= 15 is 0 Å². The number of guanidine groups is 1. The van der Waals surface area contributed by atoms with Gasteiger partial charge in [0.15, 0.2) is 5.03 Å². The summed E-state index contributed by atoms with van der Waals surface area (Å²) in [6.45, 7) is 3.26. The second-order valence-electron chi connectivity index (χ2n) is 4.74. The second-order valence-corrected chi connectivity index (χ2v) is 4.74. The molecule has 8 heteroatoms. The first-order chi connectivity index (χ1) is 9.54. The SMILES string of the molecule is CC1=C/C(=C\C(=O)N2CCCCC2)N=C(N[N+](=O)[O-])N1. The Morgan fingerprint density at radius 3 is 2.85 bits per heavy atom. The molecule has 2 rings (SSSR count). The van der Waals surface area contributed by atoms with Crippen LogP contribution in [0.4, 0.5) is 0 Å². The maximum atomic E-state index is 12.1. The number of rotatable bonds is 2. The molecule has 0 aromatic rings. The van der Waals surface area contributed by atoms with E-state index in [1.807, 2.05) is 5.43 Å². The first kappa shape index (κ1) is 14.0. The van der Waals surface area contributed by atoms with Crippen molar-refractivity contribution in [1.29, 1.82) is 0 Å². The van der Waals surface area contributed by atoms with Crippen molar-refractivity contribution >= 4 is 11.9 Å². The summed E-state index contributed by atoms with van der Waals surface area (Å²) in [6, 6.07) is 0. The molecule has 0 unspecified atom stereocenters. The van der Waals surface area contributed by atoms with Crippen LogP contribution in [0.3, 0.4) is 0 Å². The van der Waals surface area contributed by atoms with E-state index in [1.54, 1.807) is 17.9 Å². The highest BCUT2D eigenvalue weighted by molar-refractivity contribution is 5.90. The van der Waals surface area contributed by atoms with Gasteiger partial charge in [0.2, 0.25) is 5.91 Å². The number of likely N-dealkylation sites (tertiary alicyclic amines) is 1. The summed E-state index contributed by atoms with van der Waals surface area (Å²) in [4.78, 5) is 28.3. The molecule has 20 heavy (non-hydrogen) atoms. The lowest BCUT2D eigenvalue weighted by Crippen LogP contribution is -2.41. The van der Waals surface area contributed by atoms with Crippen molar-refractivity contribution in [3.63, 3.8) is 0 Å². The number of nitrogens with one attached hydrogen (secondary N) is 2. The summed E-state index contributed by atoms with van der Waals surface area (Å²) in [5, 5.41) is 12.4. The highest BCUT2D eigenvalue weighted by Crippen LogP contribution is 2.12. The number of carbonyl (C=O) groups is 1. The molecule has 0 atom stereocenters. The van der Waals surface area contributed by atoms with Crippen LogP contribution in [0.5, 0.6) is 0 Å². The van der Waals surface area contributed by atoms with Crippen molar-refractivity contribution in [3.05, 3.63) is 33.7 Å². The molecular formula is C12H17N5O3. The predicted octanol–water partition coefficient (Wildman–Crippen LogP) is 0.527. The summed E-state index contributed by atoms with van der Waals surface area (Å²) in [5.41, 5.74) is 3.04. The average molecular weight is 279 g/mol. The standard InChI is InChI=1S/C12H17N5O3/c1-9-7-10(14-12(13-9)15-17(19)20)8-11(18)16-5-3-2-4-6-16/h7-8H,2-6H2,1H3,(H2,13,14,15)/b10-8+. The molecule has 2 aliphatic heterocycles. The molecule has 0 bridgehead atoms. The van der Waals surface area contributed by atoms with Gasteiger partial charge in [-0.2, -0.15) is 0 Å². The first-order valence-corrected chi connectivity index (χ1v) is 6.50. The van der Waals surface area contributed by atoms with Crippen LogP contribution in [0, 0.1) is 10.1 Å². The predicted molar refractivity (Wildman–Crippen MR) is 73.0 cm³/mol. The number of aliphatic imine (C=N–C) groups is 1. The van der Waals surface area contributed by atoms with Crippen molar-refractivity contribution in [3.8, 4) is 0 Å². The number of piperidine rings is 1. The zero-order valence-corrected chi connectivity index (χ0v) is 11.3. The van der Waals surface area contributed by atoms with Gasteiger partial charge < -0.3 is 10.2 Å². The van der Waals surface area contributed by atoms with Gasteiger partial charge in [0, 0.05) is 24.9 Å². The summed E-state index contributed by atoms with van der Waals surface area (Å²) in [5.74, 6) is -0.0949. The van der Waals surface area contributed by atoms with E-state index in [0.717, 1.165) is 32.4 Å². The Kier molecular flexibility index (Phi) is 4.34. The summed E-state index contributed by atoms with van der Waals surface area (Å²) in [6.07, 6.45) is 6.27. The van der Waals surface area contributed by atoms with Crippen LogP contribution in [0.2, 0.25) is 0 Å². The van der Waals surface area contributed by atoms with Gasteiger partial charge in [-0.1, -0.05) is 5.43 Å². The third kappa shape index (κ3) is 3.81. The van der Waals surface area contributed by atoms with Gasteiger partial charge >= 0.3 is 0 Å². The monoisotopic (exact) mass is 279 g/mol. The van der Waals surface area contributed by atoms with Gasteiger partial charge in [0.05, 0.1) is 5.70 Å². The molecule has 108 valence electrons. The Bertz CT molecular complexity index is 499. The van der Waals surface area contributed by atoms with Crippen molar-refractivity contribution in [2.75, 3.05) is 13.1 Å². The van der Waals surface area contributed by atoms with Crippen molar-refractivity contribution in [1.82, 2.24) is 15.6 Å². The molecule has 2 heterocycles. The minimum absolute atomic E-state index is 0.00712. The van der Waals surface area contributed by atoms with Crippen LogP contribution < -0.4 is 10.7 Å². The molecule has 0 spiro atoms. The van der Waals surface area contributed by atoms with E-state index in [9.17, 15) is 14.9 Å². The average Bonchev–Trinajstić information content (AvgIpc) is 2.38. The van der Waals surface area contributed by atoms with Gasteiger partial charge in [0.25, 0.3) is 5.96 Å². The lowest BCUT2D eigenvalue weighted by atomic mass is 10.1. The minimum Gasteiger partial charge on any atom is -0.339 e. The lowest BCUT2D eigenvalue weighted by molar-refractivity contribution is -0.525. The van der Waals surface area contributed by atoms with Crippen molar-refractivity contribution in [2.24, 2.45) is 4.99 Å². The molecule has 0 aliphatic carbocycles. The lowest BCUT2D eigenvalue weighted by Gasteiger charge is -2.25. The Morgan fingerprint density at radius 2 is 2.20 bits per heavy atom. The van der Waals surface area contributed by atoms with Crippen LogP contribution in [-0.2, 0) is 4.79 Å². The fraction of sp³-hybridized carbons (Fsp3) is 0.500. The van der Waals surface area contributed by atoms with Crippen molar-refractivity contribution < 1.29 is 9.83 Å². The Morgan fingerprint density at radius 1 is 1.50 bits per heavy atom. The highest BCUT2D eigenvalue weighted by atomic mass is 16.7. The third-order valence-electron chi connectivity index (χ3n) is 3.06. The number of carbonyl (C=O) groups excluding carboxylic acids is 1. The topological polar surface area (TPSA) is 99.9 Å². The van der Waals surface area contributed by atoms with E-state index in [1.165, 1.54) is 6.08 Å². The zero-order chi connectivity index (χ0) is 14.5.